The maximum atomic E-state index is 12.9. The molecule has 4 rings (SSSR count). The highest BCUT2D eigenvalue weighted by Crippen LogP contribution is 2.32. The lowest BCUT2D eigenvalue weighted by Gasteiger charge is -2.29. The van der Waals surface area contributed by atoms with Crippen molar-refractivity contribution in [2.75, 3.05) is 24.7 Å². The first-order valence-corrected chi connectivity index (χ1v) is 11.3. The Morgan fingerprint density at radius 3 is 2.84 bits per heavy atom. The number of fused-ring (bicyclic) bond motifs is 1. The Morgan fingerprint density at radius 2 is 2.06 bits per heavy atom. The van der Waals surface area contributed by atoms with Crippen LogP contribution in [0, 0.1) is 0 Å². The van der Waals surface area contributed by atoms with E-state index in [2.05, 4.69) is 11.4 Å². The predicted octanol–water partition coefficient (Wildman–Crippen LogP) is 3.93. The van der Waals surface area contributed by atoms with Gasteiger partial charge in [0, 0.05) is 12.2 Å². The summed E-state index contributed by atoms with van der Waals surface area (Å²) in [6.07, 6.45) is 3.67. The molecule has 1 N–H and O–H groups in total. The molecule has 8 heteroatoms. The lowest BCUT2D eigenvalue weighted by atomic mass is 10.0. The van der Waals surface area contributed by atoms with Crippen LogP contribution in [0.4, 0.5) is 5.69 Å². The van der Waals surface area contributed by atoms with Gasteiger partial charge in [-0.25, -0.2) is 0 Å². The molecule has 0 radical (unpaired) electrons. The third kappa shape index (κ3) is 4.91. The lowest BCUT2D eigenvalue weighted by molar-refractivity contribution is -0.120. The summed E-state index contributed by atoms with van der Waals surface area (Å²) in [6, 6.07) is 13.3. The monoisotopic (exact) mass is 454 g/mol. The highest BCUT2D eigenvalue weighted by atomic mass is 32.2. The van der Waals surface area contributed by atoms with Crippen LogP contribution < -0.4 is 19.7 Å². The predicted molar refractivity (Wildman–Crippen MR) is 127 cm³/mol. The average molecular weight is 455 g/mol. The van der Waals surface area contributed by atoms with Crippen molar-refractivity contribution < 1.29 is 19.1 Å². The minimum atomic E-state index is -0.208. The first-order valence-electron chi connectivity index (χ1n) is 10.1. The van der Waals surface area contributed by atoms with Crippen molar-refractivity contribution in [1.29, 1.82) is 0 Å². The van der Waals surface area contributed by atoms with Crippen LogP contribution in [0.5, 0.6) is 11.5 Å². The van der Waals surface area contributed by atoms with Gasteiger partial charge >= 0.3 is 0 Å². The van der Waals surface area contributed by atoms with E-state index < -0.39 is 0 Å². The molecule has 0 saturated carbocycles. The number of para-hydroxylation sites is 1. The Labute approximate surface area is 190 Å². The van der Waals surface area contributed by atoms with Crippen LogP contribution in [0.1, 0.15) is 24.5 Å². The Balaban J connectivity index is 1.48. The van der Waals surface area contributed by atoms with Crippen LogP contribution in [0.2, 0.25) is 0 Å². The average Bonchev–Trinajstić information content (AvgIpc) is 3.09. The number of nitrogens with zero attached hydrogens (tertiary/aromatic N) is 1. The van der Waals surface area contributed by atoms with E-state index in [4.69, 9.17) is 21.7 Å². The number of carbonyl (C=O) groups excluding carboxylic acids is 2. The number of hydrogen-bond donors (Lipinski definition) is 1. The zero-order valence-corrected chi connectivity index (χ0v) is 18.7. The van der Waals surface area contributed by atoms with Gasteiger partial charge in [0.15, 0.2) is 18.1 Å². The molecule has 2 aliphatic rings. The summed E-state index contributed by atoms with van der Waals surface area (Å²) >= 11 is 6.25. The van der Waals surface area contributed by atoms with Gasteiger partial charge in [-0.2, -0.15) is 0 Å². The molecule has 2 aliphatic heterocycles. The van der Waals surface area contributed by atoms with Crippen LogP contribution in [0.3, 0.4) is 0 Å². The summed E-state index contributed by atoms with van der Waals surface area (Å²) in [6.45, 7) is 2.93. The number of amides is 2. The highest BCUT2D eigenvalue weighted by molar-refractivity contribution is 8.26. The number of rotatable bonds is 6. The summed E-state index contributed by atoms with van der Waals surface area (Å²) in [5, 5.41) is 2.60. The van der Waals surface area contributed by atoms with E-state index in [0.29, 0.717) is 33.9 Å². The zero-order valence-electron chi connectivity index (χ0n) is 17.1. The second kappa shape index (κ2) is 9.53. The van der Waals surface area contributed by atoms with Crippen molar-refractivity contribution in [2.45, 2.75) is 19.8 Å². The van der Waals surface area contributed by atoms with Gasteiger partial charge in [-0.15, -0.1) is 0 Å². The molecule has 2 aromatic carbocycles. The minimum Gasteiger partial charge on any atom is -0.490 e. The van der Waals surface area contributed by atoms with Gasteiger partial charge < -0.3 is 19.7 Å². The molecule has 2 heterocycles. The number of thioether (sulfide) groups is 1. The summed E-state index contributed by atoms with van der Waals surface area (Å²) in [5.41, 5.74) is 2.93. The van der Waals surface area contributed by atoms with Crippen LogP contribution >= 0.6 is 24.0 Å². The van der Waals surface area contributed by atoms with Crippen molar-refractivity contribution in [1.82, 2.24) is 5.32 Å². The first kappa shape index (κ1) is 21.4. The van der Waals surface area contributed by atoms with E-state index in [9.17, 15) is 9.59 Å². The molecular weight excluding hydrogens is 432 g/mol. The summed E-state index contributed by atoms with van der Waals surface area (Å²) in [4.78, 5) is 27.1. The fourth-order valence-corrected chi connectivity index (χ4v) is 4.63. The van der Waals surface area contributed by atoms with E-state index in [1.54, 1.807) is 23.1 Å². The highest BCUT2D eigenvalue weighted by Gasteiger charge is 2.24. The molecule has 1 saturated heterocycles. The number of thiocarbonyl (C=S) groups is 1. The summed E-state index contributed by atoms with van der Waals surface area (Å²) < 4.78 is 12.0. The number of ether oxygens (including phenoxy) is 2. The van der Waals surface area contributed by atoms with Gasteiger partial charge in [-0.3, -0.25) is 9.59 Å². The first-order chi connectivity index (χ1) is 15.0. The molecule has 160 valence electrons. The number of aryl methyl sites for hydroxylation is 1. The topological polar surface area (TPSA) is 67.9 Å². The Hall–Kier alpha value is -2.84. The molecule has 1 fully saturated rings. The SMILES string of the molecule is CCOc1cc(C=C2SC(=S)NC2=O)ccc1OCC(=O)N1CCCc2ccccc21. The molecule has 0 atom stereocenters. The molecule has 0 bridgehead atoms. The van der Waals surface area contributed by atoms with Crippen molar-refractivity contribution in [3.05, 3.63) is 58.5 Å². The molecule has 0 spiro atoms. The van der Waals surface area contributed by atoms with Crippen LogP contribution in [0.25, 0.3) is 6.08 Å². The van der Waals surface area contributed by atoms with Gasteiger partial charge in [0.2, 0.25) is 0 Å². The maximum absolute atomic E-state index is 12.9. The number of anilines is 1. The third-order valence-corrected chi connectivity index (χ3v) is 6.13. The zero-order chi connectivity index (χ0) is 21.8. The van der Waals surface area contributed by atoms with Crippen LogP contribution in [-0.4, -0.2) is 35.9 Å². The van der Waals surface area contributed by atoms with E-state index in [1.165, 1.54) is 17.3 Å². The molecule has 2 aromatic rings. The van der Waals surface area contributed by atoms with Crippen LogP contribution in [-0.2, 0) is 16.0 Å². The fourth-order valence-electron chi connectivity index (χ4n) is 3.58. The summed E-state index contributed by atoms with van der Waals surface area (Å²) in [7, 11) is 0. The Kier molecular flexibility index (Phi) is 6.58. The molecule has 6 nitrogen and oxygen atoms in total. The quantitative estimate of drug-likeness (QED) is 0.527. The normalized spacial score (nSPS) is 16.8. The lowest BCUT2D eigenvalue weighted by Crippen LogP contribution is -2.38. The second-order valence-corrected chi connectivity index (χ2v) is 8.78. The Bertz CT molecular complexity index is 1070. The van der Waals surface area contributed by atoms with Gasteiger partial charge in [-0.1, -0.05) is 48.2 Å². The van der Waals surface area contributed by atoms with E-state index in [0.717, 1.165) is 24.1 Å². The maximum Gasteiger partial charge on any atom is 0.264 e. The number of benzene rings is 2. The minimum absolute atomic E-state index is 0.0820. The number of hydrogen-bond acceptors (Lipinski definition) is 6. The van der Waals surface area contributed by atoms with Crippen molar-refractivity contribution in [3.8, 4) is 11.5 Å². The van der Waals surface area contributed by atoms with Gasteiger partial charge in [0.05, 0.1) is 11.5 Å². The van der Waals surface area contributed by atoms with Crippen molar-refractivity contribution in [2.24, 2.45) is 0 Å². The smallest absolute Gasteiger partial charge is 0.264 e. The molecule has 31 heavy (non-hydrogen) atoms. The van der Waals surface area contributed by atoms with Gasteiger partial charge in [-0.05, 0) is 55.2 Å². The molecule has 0 unspecified atom stereocenters. The molecule has 0 aromatic heterocycles. The van der Waals surface area contributed by atoms with Crippen molar-refractivity contribution in [3.63, 3.8) is 0 Å². The van der Waals surface area contributed by atoms with E-state index in [-0.39, 0.29) is 18.4 Å². The molecule has 2 amide bonds. The van der Waals surface area contributed by atoms with E-state index >= 15 is 0 Å². The third-order valence-electron chi connectivity index (χ3n) is 4.97. The second-order valence-electron chi connectivity index (χ2n) is 7.06. The largest absolute Gasteiger partial charge is 0.490 e. The van der Waals surface area contributed by atoms with Gasteiger partial charge in [0.1, 0.15) is 4.32 Å². The van der Waals surface area contributed by atoms with Crippen molar-refractivity contribution >= 4 is 51.9 Å². The molecular formula is C23H22N2O4S2. The Morgan fingerprint density at radius 1 is 1.23 bits per heavy atom. The standard InChI is InChI=1S/C23H22N2O4S2/c1-2-28-19-12-15(13-20-22(27)24-23(30)31-20)9-10-18(19)29-14-21(26)25-11-5-7-16-6-3-4-8-17(16)25/h3-4,6,8-10,12-13H,2,5,7,11,14H2,1H3,(H,24,27,30). The fraction of sp³-hybridized carbons (Fsp3) is 0.261. The molecule has 0 aliphatic carbocycles. The summed E-state index contributed by atoms with van der Waals surface area (Å²) in [5.74, 6) is 0.713. The number of carbonyl (C=O) groups is 2. The van der Waals surface area contributed by atoms with Crippen LogP contribution in [0.15, 0.2) is 47.4 Å². The van der Waals surface area contributed by atoms with E-state index in [1.807, 2.05) is 31.2 Å². The van der Waals surface area contributed by atoms with Gasteiger partial charge in [0.25, 0.3) is 11.8 Å². The number of nitrogens with one attached hydrogen (secondary N) is 1.